The summed E-state index contributed by atoms with van der Waals surface area (Å²) >= 11 is 0. The minimum atomic E-state index is -3.64. The Morgan fingerprint density at radius 2 is 1.82 bits per heavy atom. The first-order valence-electron chi connectivity index (χ1n) is 9.20. The molecule has 0 bridgehead atoms. The molecule has 28 heavy (non-hydrogen) atoms. The minimum absolute atomic E-state index is 0.254. The molecule has 0 aromatic heterocycles. The fraction of sp³-hybridized carbons (Fsp3) is 0.381. The van der Waals surface area contributed by atoms with Crippen LogP contribution in [0.1, 0.15) is 30.5 Å². The Kier molecular flexibility index (Phi) is 7.07. The molecular weight excluding hydrogens is 376 g/mol. The highest BCUT2D eigenvalue weighted by atomic mass is 32.2. The lowest BCUT2D eigenvalue weighted by atomic mass is 10.1. The van der Waals surface area contributed by atoms with Gasteiger partial charge in [-0.3, -0.25) is 9.10 Å². The number of para-hydroxylation sites is 1. The van der Waals surface area contributed by atoms with Gasteiger partial charge in [-0.15, -0.1) is 0 Å². The first-order chi connectivity index (χ1) is 13.1. The summed E-state index contributed by atoms with van der Waals surface area (Å²) in [7, 11) is -3.64. The Bertz CT molecular complexity index is 941. The maximum absolute atomic E-state index is 12.7. The summed E-state index contributed by atoms with van der Waals surface area (Å²) in [5.41, 5.74) is 3.33. The Labute approximate surface area is 167 Å². The van der Waals surface area contributed by atoms with Crippen molar-refractivity contribution >= 4 is 21.6 Å². The van der Waals surface area contributed by atoms with Crippen molar-refractivity contribution in [3.05, 3.63) is 59.2 Å². The number of nitrogens with zero attached hydrogens (tertiary/aromatic N) is 1. The third-order valence-corrected chi connectivity index (χ3v) is 5.80. The average Bonchev–Trinajstić information content (AvgIpc) is 2.63. The molecule has 6 nitrogen and oxygen atoms in total. The maximum atomic E-state index is 12.7. The van der Waals surface area contributed by atoms with Gasteiger partial charge < -0.3 is 10.1 Å². The lowest BCUT2D eigenvalue weighted by Crippen LogP contribution is -2.47. The van der Waals surface area contributed by atoms with Gasteiger partial charge in [0, 0.05) is 12.1 Å². The smallest absolute Gasteiger partial charge is 0.243 e. The van der Waals surface area contributed by atoms with Gasteiger partial charge in [0.2, 0.25) is 15.9 Å². The van der Waals surface area contributed by atoms with E-state index in [9.17, 15) is 13.2 Å². The lowest BCUT2D eigenvalue weighted by molar-refractivity contribution is -0.122. The van der Waals surface area contributed by atoms with E-state index in [0.29, 0.717) is 18.0 Å². The van der Waals surface area contributed by atoms with Gasteiger partial charge in [-0.1, -0.05) is 24.3 Å². The van der Waals surface area contributed by atoms with Gasteiger partial charge in [-0.2, -0.15) is 0 Å². The van der Waals surface area contributed by atoms with E-state index in [2.05, 4.69) is 5.32 Å². The van der Waals surface area contributed by atoms with Crippen LogP contribution in [-0.4, -0.2) is 33.2 Å². The molecule has 152 valence electrons. The van der Waals surface area contributed by atoms with Gasteiger partial charge in [-0.25, -0.2) is 8.42 Å². The van der Waals surface area contributed by atoms with E-state index in [1.807, 2.05) is 51.1 Å². The number of hydrogen-bond acceptors (Lipinski definition) is 4. The highest BCUT2D eigenvalue weighted by Crippen LogP contribution is 2.24. The zero-order valence-corrected chi connectivity index (χ0v) is 17.8. The van der Waals surface area contributed by atoms with Crippen molar-refractivity contribution in [2.45, 2.75) is 40.3 Å². The quantitative estimate of drug-likeness (QED) is 0.733. The molecule has 0 aliphatic rings. The van der Waals surface area contributed by atoms with Crippen LogP contribution in [0.15, 0.2) is 42.5 Å². The number of nitrogens with one attached hydrogen (secondary N) is 1. The van der Waals surface area contributed by atoms with Gasteiger partial charge in [0.15, 0.2) is 0 Å². The van der Waals surface area contributed by atoms with Crippen molar-refractivity contribution < 1.29 is 17.9 Å². The number of anilines is 1. The van der Waals surface area contributed by atoms with Crippen LogP contribution >= 0.6 is 0 Å². The van der Waals surface area contributed by atoms with Crippen molar-refractivity contribution in [3.63, 3.8) is 0 Å². The Morgan fingerprint density at radius 1 is 1.14 bits per heavy atom. The van der Waals surface area contributed by atoms with E-state index < -0.39 is 16.1 Å². The van der Waals surface area contributed by atoms with Gasteiger partial charge >= 0.3 is 0 Å². The number of rotatable bonds is 8. The Morgan fingerprint density at radius 3 is 2.43 bits per heavy atom. The van der Waals surface area contributed by atoms with E-state index in [1.165, 1.54) is 0 Å². The SMILES string of the molecule is CCOc1ccccc1CNC(=O)[C@@H](C)N(c1ccc(C)c(C)c1)S(C)(=O)=O. The lowest BCUT2D eigenvalue weighted by Gasteiger charge is -2.28. The first kappa shape index (κ1) is 21.8. The number of carbonyl (C=O) groups excluding carboxylic acids is 1. The topological polar surface area (TPSA) is 75.7 Å². The van der Waals surface area contributed by atoms with E-state index in [1.54, 1.807) is 19.1 Å². The van der Waals surface area contributed by atoms with Crippen LogP contribution in [0.2, 0.25) is 0 Å². The fourth-order valence-electron chi connectivity index (χ4n) is 2.95. The summed E-state index contributed by atoms with van der Waals surface area (Å²) in [6.07, 6.45) is 1.11. The van der Waals surface area contributed by atoms with Crippen LogP contribution in [0.3, 0.4) is 0 Å². The normalized spacial score (nSPS) is 12.3. The Hall–Kier alpha value is -2.54. The molecule has 7 heteroatoms. The summed E-state index contributed by atoms with van der Waals surface area (Å²) in [5.74, 6) is 0.321. The highest BCUT2D eigenvalue weighted by Gasteiger charge is 2.29. The highest BCUT2D eigenvalue weighted by molar-refractivity contribution is 7.92. The molecule has 0 fully saturated rings. The molecule has 1 N–H and O–H groups in total. The largest absolute Gasteiger partial charge is 0.494 e. The average molecular weight is 405 g/mol. The Balaban J connectivity index is 2.22. The molecule has 0 saturated heterocycles. The number of sulfonamides is 1. The third-order valence-electron chi connectivity index (χ3n) is 4.56. The maximum Gasteiger partial charge on any atom is 0.243 e. The van der Waals surface area contributed by atoms with Crippen molar-refractivity contribution in [1.29, 1.82) is 0 Å². The molecule has 2 aromatic carbocycles. The second-order valence-electron chi connectivity index (χ2n) is 6.76. The van der Waals surface area contributed by atoms with Crippen molar-refractivity contribution in [1.82, 2.24) is 5.32 Å². The molecule has 0 aliphatic heterocycles. The standard InChI is InChI=1S/C21H28N2O4S/c1-6-27-20-10-8-7-9-18(20)14-22-21(24)17(4)23(28(5,25)26)19-12-11-15(2)16(3)13-19/h7-13,17H,6,14H2,1-5H3,(H,22,24)/t17-/m1/s1. The fourth-order valence-corrected chi connectivity index (χ4v) is 4.11. The van der Waals surface area contributed by atoms with E-state index >= 15 is 0 Å². The summed E-state index contributed by atoms with van der Waals surface area (Å²) < 4.78 is 31.6. The summed E-state index contributed by atoms with van der Waals surface area (Å²) in [6, 6.07) is 11.9. The summed E-state index contributed by atoms with van der Waals surface area (Å²) in [6.45, 7) is 8.12. The van der Waals surface area contributed by atoms with Crippen LogP contribution in [0.25, 0.3) is 0 Å². The van der Waals surface area contributed by atoms with Gasteiger partial charge in [0.05, 0.1) is 18.6 Å². The van der Waals surface area contributed by atoms with Crippen LogP contribution in [-0.2, 0) is 21.4 Å². The summed E-state index contributed by atoms with van der Waals surface area (Å²) in [5, 5.41) is 2.82. The second kappa shape index (κ2) is 9.10. The molecule has 0 aliphatic carbocycles. The van der Waals surface area contributed by atoms with Crippen molar-refractivity contribution in [3.8, 4) is 5.75 Å². The van der Waals surface area contributed by atoms with Crippen LogP contribution < -0.4 is 14.4 Å². The predicted molar refractivity (Wildman–Crippen MR) is 112 cm³/mol. The third kappa shape index (κ3) is 5.25. The molecule has 0 heterocycles. The zero-order valence-electron chi connectivity index (χ0n) is 17.0. The van der Waals surface area contributed by atoms with E-state index in [4.69, 9.17) is 4.74 Å². The number of carbonyl (C=O) groups is 1. The molecule has 0 unspecified atom stereocenters. The molecule has 0 saturated carbocycles. The molecule has 0 spiro atoms. The molecule has 0 radical (unpaired) electrons. The molecule has 1 amide bonds. The number of benzene rings is 2. The van der Waals surface area contributed by atoms with Gasteiger partial charge in [-0.05, 0) is 57.0 Å². The molecular formula is C21H28N2O4S. The van der Waals surface area contributed by atoms with Gasteiger partial charge in [0.1, 0.15) is 11.8 Å². The number of aryl methyl sites for hydroxylation is 2. The van der Waals surface area contributed by atoms with Crippen molar-refractivity contribution in [2.75, 3.05) is 17.2 Å². The number of hydrogen-bond donors (Lipinski definition) is 1. The van der Waals surface area contributed by atoms with Crippen molar-refractivity contribution in [2.24, 2.45) is 0 Å². The minimum Gasteiger partial charge on any atom is -0.494 e. The molecule has 2 rings (SSSR count). The van der Waals surface area contributed by atoms with Crippen LogP contribution in [0.4, 0.5) is 5.69 Å². The first-order valence-corrected chi connectivity index (χ1v) is 11.0. The van der Waals surface area contributed by atoms with Crippen LogP contribution in [0, 0.1) is 13.8 Å². The predicted octanol–water partition coefficient (Wildman–Crippen LogP) is 3.17. The number of amides is 1. The second-order valence-corrected chi connectivity index (χ2v) is 8.62. The molecule has 2 aromatic rings. The van der Waals surface area contributed by atoms with Crippen LogP contribution in [0.5, 0.6) is 5.75 Å². The monoisotopic (exact) mass is 404 g/mol. The zero-order chi connectivity index (χ0) is 20.9. The summed E-state index contributed by atoms with van der Waals surface area (Å²) in [4.78, 5) is 12.7. The number of ether oxygens (including phenoxy) is 1. The van der Waals surface area contributed by atoms with Gasteiger partial charge in [0.25, 0.3) is 0 Å². The van der Waals surface area contributed by atoms with E-state index in [-0.39, 0.29) is 12.5 Å². The molecule has 1 atom stereocenters. The van der Waals surface area contributed by atoms with E-state index in [0.717, 1.165) is 27.3 Å².